The summed E-state index contributed by atoms with van der Waals surface area (Å²) in [6, 6.07) is 2.19. The Morgan fingerprint density at radius 2 is 2.00 bits per heavy atom. The van der Waals surface area contributed by atoms with Gasteiger partial charge in [0, 0.05) is 22.4 Å². The van der Waals surface area contributed by atoms with E-state index in [1.807, 2.05) is 0 Å². The van der Waals surface area contributed by atoms with Gasteiger partial charge in [0.05, 0.1) is 0 Å². The molecule has 0 saturated carbocycles. The maximum Gasteiger partial charge on any atom is 0.352 e. The predicted octanol–water partition coefficient (Wildman–Crippen LogP) is 0.0893. The number of nitrogens with one attached hydrogen (secondary N) is 3. The lowest BCUT2D eigenvalue weighted by atomic mass is 10.0. The molecule has 1 aromatic carbocycles. The van der Waals surface area contributed by atoms with Gasteiger partial charge in [-0.05, 0) is 30.7 Å². The average molecular weight is 722 g/mol. The minimum atomic E-state index is -1.36. The highest BCUT2D eigenvalue weighted by Crippen LogP contribution is 2.41. The normalized spacial score (nSPS) is 18.1. The molecule has 0 bridgehead atoms. The number of oxime groups is 1. The SMILES string of the molecule is CC(ON=C(C(=O)NC1C(=O)N2C(C(=O)O)=C(CSc3nncs3)CS[C@H]12)c1csc(N)n1)C(=O)NNC(=O)c1ccc(O)c(O)c1. The molecule has 3 aromatic rings. The van der Waals surface area contributed by atoms with Gasteiger partial charge in [-0.15, -0.1) is 33.3 Å². The zero-order chi connectivity index (χ0) is 33.8. The first-order valence-corrected chi connectivity index (χ1v) is 16.9. The van der Waals surface area contributed by atoms with Gasteiger partial charge in [0.25, 0.3) is 23.6 Å². The van der Waals surface area contributed by atoms with E-state index in [0.717, 1.165) is 28.4 Å². The van der Waals surface area contributed by atoms with Crippen LogP contribution in [0.5, 0.6) is 11.5 Å². The van der Waals surface area contributed by atoms with Crippen LogP contribution in [0, 0.1) is 0 Å². The standard InChI is InChI=1S/C25H23N9O9S4/c1-9(18(37)30-31-19(38)10-2-3-13(35)14(36)4-10)43-33-15(12-7-45-24(26)28-12)20(39)29-16-21(40)34-17(23(41)42)11(5-44-22(16)34)6-46-25-32-27-8-47-25/h2-4,7-9,16,22,35-36H,5-6H2,1H3,(H2,26,28)(H,29,39)(H,30,37)(H,31,38)(H,41,42)/t9?,16?,22-/m1/s1. The van der Waals surface area contributed by atoms with E-state index in [1.54, 1.807) is 5.51 Å². The highest BCUT2D eigenvalue weighted by molar-refractivity contribution is 8.01. The van der Waals surface area contributed by atoms with Crippen LogP contribution in [0.4, 0.5) is 5.13 Å². The number of phenols is 2. The first kappa shape index (κ1) is 33.4. The lowest BCUT2D eigenvalue weighted by molar-refractivity contribution is -0.150. The van der Waals surface area contributed by atoms with Crippen molar-refractivity contribution in [2.45, 2.75) is 28.8 Å². The monoisotopic (exact) mass is 721 g/mol. The largest absolute Gasteiger partial charge is 0.504 e. The highest BCUT2D eigenvalue weighted by atomic mass is 32.2. The molecular formula is C25H23N9O9S4. The molecular weight excluding hydrogens is 699 g/mol. The summed E-state index contributed by atoms with van der Waals surface area (Å²) < 4.78 is 0.651. The number of carboxylic acid groups (broad SMARTS) is 1. The van der Waals surface area contributed by atoms with Crippen LogP contribution in [-0.4, -0.2) is 99.7 Å². The van der Waals surface area contributed by atoms with Crippen LogP contribution in [-0.2, 0) is 24.0 Å². The quantitative estimate of drug-likeness (QED) is 0.0455. The molecule has 2 aromatic heterocycles. The fourth-order valence-electron chi connectivity index (χ4n) is 4.12. The number of rotatable bonds is 11. The Morgan fingerprint density at radius 1 is 1.21 bits per heavy atom. The molecule has 8 N–H and O–H groups in total. The Morgan fingerprint density at radius 3 is 2.66 bits per heavy atom. The van der Waals surface area contributed by atoms with Crippen molar-refractivity contribution >= 4 is 86.6 Å². The van der Waals surface area contributed by atoms with E-state index in [9.17, 15) is 39.3 Å². The van der Waals surface area contributed by atoms with Crippen molar-refractivity contribution in [2.75, 3.05) is 17.2 Å². The maximum absolute atomic E-state index is 13.4. The smallest absolute Gasteiger partial charge is 0.352 e. The molecule has 0 spiro atoms. The number of aliphatic carboxylic acids is 1. The van der Waals surface area contributed by atoms with Crippen LogP contribution in [0.1, 0.15) is 23.0 Å². The molecule has 3 atom stereocenters. The Hall–Kier alpha value is -4.93. The Balaban J connectivity index is 1.24. The number of nitrogens with two attached hydrogens (primary N) is 1. The Labute approximate surface area is 280 Å². The Kier molecular flexibility index (Phi) is 10.1. The number of aromatic nitrogens is 3. The third-order valence-electron chi connectivity index (χ3n) is 6.43. The second-order valence-electron chi connectivity index (χ2n) is 9.52. The van der Waals surface area contributed by atoms with Gasteiger partial charge in [-0.1, -0.05) is 28.3 Å². The summed E-state index contributed by atoms with van der Waals surface area (Å²) >= 11 is 4.88. The van der Waals surface area contributed by atoms with Crippen LogP contribution in [0.2, 0.25) is 0 Å². The number of hydrazine groups is 1. The van der Waals surface area contributed by atoms with Crippen molar-refractivity contribution in [1.29, 1.82) is 0 Å². The molecule has 4 heterocycles. The molecule has 5 rings (SSSR count). The number of carbonyl (C=O) groups is 5. The number of fused-ring (bicyclic) bond motifs is 1. The number of carbonyl (C=O) groups excluding carboxylic acids is 4. The number of nitrogens with zero attached hydrogens (tertiary/aromatic N) is 5. The number of anilines is 1. The summed E-state index contributed by atoms with van der Waals surface area (Å²) in [6.45, 7) is 1.27. The Bertz CT molecular complexity index is 1800. The van der Waals surface area contributed by atoms with Crippen LogP contribution < -0.4 is 21.9 Å². The molecule has 0 aliphatic carbocycles. The van der Waals surface area contributed by atoms with E-state index in [2.05, 4.69) is 36.5 Å². The van der Waals surface area contributed by atoms with Gasteiger partial charge in [-0.25, -0.2) is 9.78 Å². The predicted molar refractivity (Wildman–Crippen MR) is 169 cm³/mol. The molecule has 4 amide bonds. The zero-order valence-corrected chi connectivity index (χ0v) is 27.0. The van der Waals surface area contributed by atoms with E-state index in [-0.39, 0.29) is 33.6 Å². The lowest BCUT2D eigenvalue weighted by Gasteiger charge is -2.49. The number of thiazole rings is 1. The first-order chi connectivity index (χ1) is 22.4. The maximum atomic E-state index is 13.4. The van der Waals surface area contributed by atoms with E-state index in [1.165, 1.54) is 53.2 Å². The number of aromatic hydroxyl groups is 2. The van der Waals surface area contributed by atoms with Gasteiger partial charge >= 0.3 is 5.97 Å². The minimum Gasteiger partial charge on any atom is -0.504 e. The van der Waals surface area contributed by atoms with Gasteiger partial charge < -0.3 is 31.2 Å². The van der Waals surface area contributed by atoms with Gasteiger partial charge in [0.2, 0.25) is 6.10 Å². The van der Waals surface area contributed by atoms with Crippen LogP contribution in [0.25, 0.3) is 0 Å². The summed E-state index contributed by atoms with van der Waals surface area (Å²) in [5, 5.41) is 43.7. The van der Waals surface area contributed by atoms with Crippen LogP contribution >= 0.6 is 46.2 Å². The molecule has 246 valence electrons. The molecule has 18 nitrogen and oxygen atoms in total. The van der Waals surface area contributed by atoms with E-state index in [4.69, 9.17) is 10.6 Å². The topological polar surface area (TPSA) is 272 Å². The van der Waals surface area contributed by atoms with Crippen molar-refractivity contribution in [2.24, 2.45) is 5.16 Å². The number of hydrogen-bond donors (Lipinski definition) is 7. The minimum absolute atomic E-state index is 0.0138. The summed E-state index contributed by atoms with van der Waals surface area (Å²) in [6.07, 6.45) is -1.36. The fraction of sp³-hybridized carbons (Fsp3) is 0.240. The van der Waals surface area contributed by atoms with Crippen molar-refractivity contribution in [3.8, 4) is 11.5 Å². The molecule has 0 radical (unpaired) electrons. The van der Waals surface area contributed by atoms with E-state index < -0.39 is 64.3 Å². The summed E-state index contributed by atoms with van der Waals surface area (Å²) in [5.74, 6) is -4.91. The molecule has 1 saturated heterocycles. The third kappa shape index (κ3) is 7.40. The molecule has 1 fully saturated rings. The van der Waals surface area contributed by atoms with Crippen LogP contribution in [0.3, 0.4) is 0 Å². The third-order valence-corrected chi connectivity index (χ3v) is 10.4. The van der Waals surface area contributed by atoms with Crippen molar-refractivity contribution in [1.82, 2.24) is 36.2 Å². The van der Waals surface area contributed by atoms with E-state index >= 15 is 0 Å². The number of β-lactam (4-membered cyclic amide) rings is 1. The molecule has 2 aliphatic rings. The molecule has 2 aliphatic heterocycles. The number of carboxylic acids is 1. The van der Waals surface area contributed by atoms with Gasteiger partial charge in [-0.2, -0.15) is 0 Å². The van der Waals surface area contributed by atoms with Gasteiger partial charge in [0.1, 0.15) is 28.3 Å². The second kappa shape index (κ2) is 14.2. The number of amides is 4. The summed E-state index contributed by atoms with van der Waals surface area (Å²) in [5.41, 5.74) is 11.4. The van der Waals surface area contributed by atoms with Crippen LogP contribution in [0.15, 0.2) is 49.9 Å². The number of benzene rings is 1. The molecule has 22 heteroatoms. The van der Waals surface area contributed by atoms with Gasteiger partial charge in [0.15, 0.2) is 26.7 Å². The van der Waals surface area contributed by atoms with Crippen molar-refractivity contribution in [3.05, 3.63) is 51.6 Å². The first-order valence-electron chi connectivity index (χ1n) is 13.1. The number of nitrogen functional groups attached to an aromatic ring is 1. The average Bonchev–Trinajstić information content (AvgIpc) is 3.73. The second-order valence-corrected chi connectivity index (χ2v) is 13.6. The van der Waals surface area contributed by atoms with E-state index in [0.29, 0.717) is 9.91 Å². The molecule has 2 unspecified atom stereocenters. The summed E-state index contributed by atoms with van der Waals surface area (Å²) in [4.78, 5) is 73.9. The lowest BCUT2D eigenvalue weighted by Crippen LogP contribution is -2.71. The number of hydrogen-bond acceptors (Lipinski definition) is 17. The number of thioether (sulfide) groups is 2. The number of phenolic OH excluding ortho intramolecular Hbond substituents is 2. The summed E-state index contributed by atoms with van der Waals surface area (Å²) in [7, 11) is 0. The molecule has 47 heavy (non-hydrogen) atoms. The van der Waals surface area contributed by atoms with Gasteiger partial charge in [-0.3, -0.25) is 34.9 Å². The van der Waals surface area contributed by atoms with Crippen molar-refractivity contribution < 1.29 is 44.1 Å². The highest BCUT2D eigenvalue weighted by Gasteiger charge is 2.54. The van der Waals surface area contributed by atoms with Crippen molar-refractivity contribution in [3.63, 3.8) is 0 Å². The zero-order valence-electron chi connectivity index (χ0n) is 23.8. The fourth-order valence-corrected chi connectivity index (χ4v) is 7.64.